The summed E-state index contributed by atoms with van der Waals surface area (Å²) in [5, 5.41) is 8.74. The molecule has 0 radical (unpaired) electrons. The van der Waals surface area contributed by atoms with Crippen molar-refractivity contribution in [2.75, 3.05) is 5.32 Å². The van der Waals surface area contributed by atoms with Crippen molar-refractivity contribution in [3.63, 3.8) is 0 Å². The number of nitrogens with one attached hydrogen (secondary N) is 1. The summed E-state index contributed by atoms with van der Waals surface area (Å²) < 4.78 is 5.41. The van der Waals surface area contributed by atoms with Crippen LogP contribution in [0.5, 0.6) is 0 Å². The lowest BCUT2D eigenvalue weighted by Crippen LogP contribution is -2.16. The number of amides is 1. The lowest BCUT2D eigenvalue weighted by atomic mass is 9.95. The van der Waals surface area contributed by atoms with Crippen LogP contribution in [0.3, 0.4) is 0 Å². The van der Waals surface area contributed by atoms with Gasteiger partial charge in [-0.15, -0.1) is 11.3 Å². The van der Waals surface area contributed by atoms with Gasteiger partial charge in [-0.05, 0) is 36.4 Å². The number of pyridine rings is 1. The number of hydrogen-bond donors (Lipinski definition) is 1. The number of rotatable bonds is 2. The van der Waals surface area contributed by atoms with Gasteiger partial charge in [0, 0.05) is 22.2 Å². The van der Waals surface area contributed by atoms with E-state index in [0.717, 1.165) is 29.7 Å². The van der Waals surface area contributed by atoms with E-state index in [2.05, 4.69) is 15.5 Å². The van der Waals surface area contributed by atoms with Gasteiger partial charge < -0.3 is 9.84 Å². The maximum atomic E-state index is 12.3. The highest BCUT2D eigenvalue weighted by Gasteiger charge is 2.28. The Kier molecular flexibility index (Phi) is 2.82. The molecule has 0 unspecified atom stereocenters. The largest absolute Gasteiger partial charge is 0.355 e. The van der Waals surface area contributed by atoms with Gasteiger partial charge in [0.15, 0.2) is 11.5 Å². The fourth-order valence-corrected chi connectivity index (χ4v) is 3.39. The average molecular weight is 297 g/mol. The minimum atomic E-state index is -0.280. The molecule has 0 bridgehead atoms. The van der Waals surface area contributed by atoms with E-state index in [1.54, 1.807) is 29.7 Å². The molecular weight excluding hydrogens is 286 g/mol. The molecule has 1 amide bonds. The number of aryl methyl sites for hydroxylation is 1. The van der Waals surface area contributed by atoms with Crippen LogP contribution in [-0.4, -0.2) is 16.0 Å². The molecule has 1 aliphatic carbocycles. The molecule has 21 heavy (non-hydrogen) atoms. The molecule has 0 spiro atoms. The predicted octanol–water partition coefficient (Wildman–Crippen LogP) is 3.15. The van der Waals surface area contributed by atoms with Gasteiger partial charge in [-0.2, -0.15) is 0 Å². The van der Waals surface area contributed by atoms with E-state index in [9.17, 15) is 4.79 Å². The fourth-order valence-electron chi connectivity index (χ4n) is 2.52. The van der Waals surface area contributed by atoms with Crippen LogP contribution in [0.25, 0.3) is 11.3 Å². The molecule has 0 saturated heterocycles. The summed E-state index contributed by atoms with van der Waals surface area (Å²) in [7, 11) is 0. The molecule has 0 aliphatic heterocycles. The highest BCUT2D eigenvalue weighted by molar-refractivity contribution is 7.10. The van der Waals surface area contributed by atoms with Crippen LogP contribution in [0.2, 0.25) is 0 Å². The number of anilines is 1. The Balaban J connectivity index is 1.67. The molecule has 3 heterocycles. The van der Waals surface area contributed by atoms with Crippen molar-refractivity contribution < 1.29 is 9.32 Å². The lowest BCUT2D eigenvalue weighted by Gasteiger charge is -2.10. The number of fused-ring (bicyclic) bond motifs is 3. The standard InChI is InChI=1S/C15H11N3O2S/c19-15(17-12-3-1-2-7-16-12)13-10-4-5-11-9(6-8-21-11)14(10)20-18-13/h1-3,6-8H,4-5H2,(H,16,17,19). The highest BCUT2D eigenvalue weighted by atomic mass is 32.1. The Hall–Kier alpha value is -2.47. The zero-order valence-electron chi connectivity index (χ0n) is 11.0. The van der Waals surface area contributed by atoms with E-state index in [0.29, 0.717) is 11.5 Å². The SMILES string of the molecule is O=C(Nc1ccccn1)c1noc2c1CCc1sccc1-2. The first-order valence-corrected chi connectivity index (χ1v) is 7.48. The minimum Gasteiger partial charge on any atom is -0.355 e. The van der Waals surface area contributed by atoms with Crippen LogP contribution < -0.4 is 5.32 Å². The summed E-state index contributed by atoms with van der Waals surface area (Å²) in [6.45, 7) is 0. The van der Waals surface area contributed by atoms with Gasteiger partial charge in [-0.3, -0.25) is 4.79 Å². The molecule has 3 aromatic heterocycles. The molecule has 5 nitrogen and oxygen atoms in total. The van der Waals surface area contributed by atoms with Gasteiger partial charge in [-0.25, -0.2) is 4.98 Å². The fraction of sp³-hybridized carbons (Fsp3) is 0.133. The second-order valence-electron chi connectivity index (χ2n) is 4.77. The number of carbonyl (C=O) groups excluding carboxylic acids is 1. The summed E-state index contributed by atoms with van der Waals surface area (Å²) >= 11 is 1.71. The van der Waals surface area contributed by atoms with E-state index in [1.165, 1.54) is 4.88 Å². The summed E-state index contributed by atoms with van der Waals surface area (Å²) in [5.41, 5.74) is 2.30. The second kappa shape index (κ2) is 4.82. The zero-order chi connectivity index (χ0) is 14.2. The topological polar surface area (TPSA) is 68.0 Å². The second-order valence-corrected chi connectivity index (χ2v) is 5.77. The van der Waals surface area contributed by atoms with E-state index < -0.39 is 0 Å². The van der Waals surface area contributed by atoms with E-state index in [-0.39, 0.29) is 5.91 Å². The van der Waals surface area contributed by atoms with E-state index in [1.807, 2.05) is 17.5 Å². The summed E-state index contributed by atoms with van der Waals surface area (Å²) in [4.78, 5) is 17.7. The molecule has 6 heteroatoms. The first-order valence-electron chi connectivity index (χ1n) is 6.60. The smallest absolute Gasteiger partial charge is 0.279 e. The first-order chi connectivity index (χ1) is 10.3. The van der Waals surface area contributed by atoms with Crippen molar-refractivity contribution in [1.82, 2.24) is 10.1 Å². The zero-order valence-corrected chi connectivity index (χ0v) is 11.8. The van der Waals surface area contributed by atoms with Gasteiger partial charge in [0.05, 0.1) is 0 Å². The van der Waals surface area contributed by atoms with Crippen LogP contribution in [0.15, 0.2) is 40.4 Å². The maximum Gasteiger partial charge on any atom is 0.279 e. The molecule has 3 aromatic rings. The molecule has 1 aliphatic rings. The Labute approximate surface area is 124 Å². The summed E-state index contributed by atoms with van der Waals surface area (Å²) in [6.07, 6.45) is 3.33. The highest BCUT2D eigenvalue weighted by Crippen LogP contribution is 2.38. The van der Waals surface area contributed by atoms with Crippen LogP contribution in [0.1, 0.15) is 20.9 Å². The Morgan fingerprint density at radius 3 is 3.10 bits per heavy atom. The lowest BCUT2D eigenvalue weighted by molar-refractivity contribution is 0.101. The molecular formula is C15H11N3O2S. The summed E-state index contributed by atoms with van der Waals surface area (Å²) in [6, 6.07) is 7.37. The molecule has 4 rings (SSSR count). The van der Waals surface area contributed by atoms with Crippen molar-refractivity contribution >= 4 is 23.1 Å². The molecule has 0 atom stereocenters. The number of nitrogens with zero attached hydrogens (tertiary/aromatic N) is 2. The Morgan fingerprint density at radius 2 is 2.24 bits per heavy atom. The monoisotopic (exact) mass is 297 g/mol. The van der Waals surface area contributed by atoms with Gasteiger partial charge in [0.2, 0.25) is 0 Å². The maximum absolute atomic E-state index is 12.3. The first kappa shape index (κ1) is 12.3. The van der Waals surface area contributed by atoms with Gasteiger partial charge in [0.25, 0.3) is 5.91 Å². The number of aromatic nitrogens is 2. The van der Waals surface area contributed by atoms with Crippen LogP contribution >= 0.6 is 11.3 Å². The molecule has 0 fully saturated rings. The van der Waals surface area contributed by atoms with Gasteiger partial charge in [0.1, 0.15) is 5.82 Å². The van der Waals surface area contributed by atoms with Gasteiger partial charge >= 0.3 is 0 Å². The van der Waals surface area contributed by atoms with Crippen molar-refractivity contribution in [3.05, 3.63) is 52.0 Å². The predicted molar refractivity (Wildman–Crippen MR) is 79.4 cm³/mol. The third kappa shape index (κ3) is 2.04. The van der Waals surface area contributed by atoms with Crippen molar-refractivity contribution in [2.45, 2.75) is 12.8 Å². The molecule has 104 valence electrons. The summed E-state index contributed by atoms with van der Waals surface area (Å²) in [5.74, 6) is 0.951. The van der Waals surface area contributed by atoms with Crippen molar-refractivity contribution in [2.24, 2.45) is 0 Å². The third-order valence-electron chi connectivity index (χ3n) is 3.50. The van der Waals surface area contributed by atoms with Gasteiger partial charge in [-0.1, -0.05) is 11.2 Å². The third-order valence-corrected chi connectivity index (χ3v) is 4.48. The molecule has 0 aromatic carbocycles. The van der Waals surface area contributed by atoms with Crippen LogP contribution in [-0.2, 0) is 12.8 Å². The minimum absolute atomic E-state index is 0.280. The van der Waals surface area contributed by atoms with E-state index >= 15 is 0 Å². The number of hydrogen-bond acceptors (Lipinski definition) is 5. The Morgan fingerprint density at radius 1 is 1.29 bits per heavy atom. The quantitative estimate of drug-likeness (QED) is 0.789. The number of thiophene rings is 1. The van der Waals surface area contributed by atoms with Crippen LogP contribution in [0, 0.1) is 0 Å². The van der Waals surface area contributed by atoms with Crippen molar-refractivity contribution in [3.8, 4) is 11.3 Å². The normalized spacial score (nSPS) is 12.6. The molecule has 0 saturated carbocycles. The Bertz CT molecular complexity index is 807. The average Bonchev–Trinajstić information content (AvgIpc) is 3.14. The van der Waals surface area contributed by atoms with E-state index in [4.69, 9.17) is 4.52 Å². The number of carbonyl (C=O) groups is 1. The molecule has 1 N–H and O–H groups in total. The van der Waals surface area contributed by atoms with Crippen LogP contribution in [0.4, 0.5) is 5.82 Å². The van der Waals surface area contributed by atoms with Crippen molar-refractivity contribution in [1.29, 1.82) is 0 Å².